The Hall–Kier alpha value is -3.00. The third-order valence-electron chi connectivity index (χ3n) is 3.26. The molecule has 2 aromatic carbocycles. The van der Waals surface area contributed by atoms with Crippen LogP contribution in [0.2, 0.25) is 0 Å². The van der Waals surface area contributed by atoms with Crippen LogP contribution in [0, 0.1) is 5.41 Å². The SMILES string of the molecule is N=C(N)OCCc1ccc(Oc2cccc(C(F)(F)F)c2)cc1.O=S(=O)(O)C(F)(F)F. The third kappa shape index (κ3) is 9.57. The molecule has 0 atom stereocenters. The van der Waals surface area contributed by atoms with Crippen LogP contribution in [0.3, 0.4) is 0 Å². The Labute approximate surface area is 172 Å². The minimum atomic E-state index is -5.84. The largest absolute Gasteiger partial charge is 0.522 e. The van der Waals surface area contributed by atoms with Crippen LogP contribution >= 0.6 is 0 Å². The Morgan fingerprint density at radius 3 is 2.00 bits per heavy atom. The first-order valence-electron chi connectivity index (χ1n) is 8.04. The molecule has 0 unspecified atom stereocenters. The summed E-state index contributed by atoms with van der Waals surface area (Å²) < 4.78 is 106. The van der Waals surface area contributed by atoms with Gasteiger partial charge in [0.1, 0.15) is 11.5 Å². The second-order valence-corrected chi connectivity index (χ2v) is 7.07. The second kappa shape index (κ2) is 10.3. The highest BCUT2D eigenvalue weighted by molar-refractivity contribution is 7.86. The molecule has 0 aliphatic rings. The number of halogens is 6. The van der Waals surface area contributed by atoms with E-state index in [4.69, 9.17) is 33.6 Å². The van der Waals surface area contributed by atoms with Crippen molar-refractivity contribution < 1.29 is 48.8 Å². The molecular weight excluding hydrogens is 458 g/mol. The van der Waals surface area contributed by atoms with Crippen LogP contribution in [0.4, 0.5) is 26.3 Å². The van der Waals surface area contributed by atoms with E-state index in [1.54, 1.807) is 24.3 Å². The number of nitrogens with two attached hydrogens (primary N) is 1. The van der Waals surface area contributed by atoms with Crippen molar-refractivity contribution in [3.63, 3.8) is 0 Å². The van der Waals surface area contributed by atoms with Crippen LogP contribution in [0.1, 0.15) is 11.1 Å². The van der Waals surface area contributed by atoms with Gasteiger partial charge in [-0.1, -0.05) is 18.2 Å². The van der Waals surface area contributed by atoms with Gasteiger partial charge >= 0.3 is 21.8 Å². The molecule has 14 heteroatoms. The molecule has 0 heterocycles. The number of hydrogen-bond acceptors (Lipinski definition) is 5. The summed E-state index contributed by atoms with van der Waals surface area (Å²) in [5.74, 6) is 0.549. The summed E-state index contributed by atoms with van der Waals surface area (Å²) in [6, 6.07) is 11.2. The highest BCUT2D eigenvalue weighted by Crippen LogP contribution is 2.32. The average Bonchev–Trinajstić information content (AvgIpc) is 2.61. The molecule has 7 nitrogen and oxygen atoms in total. The van der Waals surface area contributed by atoms with Crippen molar-refractivity contribution in [3.05, 3.63) is 59.7 Å². The summed E-state index contributed by atoms with van der Waals surface area (Å²) in [7, 11) is -5.84. The summed E-state index contributed by atoms with van der Waals surface area (Å²) in [4.78, 5) is 0. The molecule has 172 valence electrons. The van der Waals surface area contributed by atoms with Gasteiger partial charge in [-0.25, -0.2) is 0 Å². The van der Waals surface area contributed by atoms with Crippen LogP contribution in [0.5, 0.6) is 11.5 Å². The molecule has 2 aromatic rings. The molecule has 2 rings (SSSR count). The lowest BCUT2D eigenvalue weighted by Gasteiger charge is -2.10. The van der Waals surface area contributed by atoms with E-state index in [-0.39, 0.29) is 18.4 Å². The Bertz CT molecular complexity index is 976. The lowest BCUT2D eigenvalue weighted by Crippen LogP contribution is -2.21. The van der Waals surface area contributed by atoms with Crippen LogP contribution in [-0.4, -0.2) is 31.1 Å². The minimum absolute atomic E-state index is 0.118. The molecule has 0 fully saturated rings. The van der Waals surface area contributed by atoms with Crippen molar-refractivity contribution in [2.24, 2.45) is 5.73 Å². The van der Waals surface area contributed by atoms with E-state index < -0.39 is 27.4 Å². The molecule has 0 radical (unpaired) electrons. The van der Waals surface area contributed by atoms with Gasteiger partial charge in [0.15, 0.2) is 0 Å². The van der Waals surface area contributed by atoms with E-state index in [2.05, 4.69) is 0 Å². The zero-order valence-corrected chi connectivity index (χ0v) is 16.2. The van der Waals surface area contributed by atoms with Gasteiger partial charge in [-0.05, 0) is 35.9 Å². The summed E-state index contributed by atoms with van der Waals surface area (Å²) in [6.45, 7) is 0.281. The van der Waals surface area contributed by atoms with Crippen molar-refractivity contribution in [1.82, 2.24) is 0 Å². The smallest absolute Gasteiger partial charge is 0.465 e. The van der Waals surface area contributed by atoms with Crippen molar-refractivity contribution in [1.29, 1.82) is 5.41 Å². The van der Waals surface area contributed by atoms with Gasteiger partial charge in [0.25, 0.3) is 6.02 Å². The van der Waals surface area contributed by atoms with Gasteiger partial charge in [0, 0.05) is 6.42 Å². The van der Waals surface area contributed by atoms with Crippen LogP contribution in [0.15, 0.2) is 48.5 Å². The summed E-state index contributed by atoms with van der Waals surface area (Å²) in [5, 5.41) is 6.94. The fourth-order valence-electron chi connectivity index (χ4n) is 1.87. The Kier molecular flexibility index (Phi) is 8.69. The van der Waals surface area contributed by atoms with E-state index in [0.29, 0.717) is 12.2 Å². The fourth-order valence-corrected chi connectivity index (χ4v) is 1.87. The van der Waals surface area contributed by atoms with E-state index in [9.17, 15) is 26.3 Å². The molecule has 0 saturated carbocycles. The van der Waals surface area contributed by atoms with E-state index in [1.807, 2.05) is 0 Å². The van der Waals surface area contributed by atoms with Crippen molar-refractivity contribution in [2.75, 3.05) is 6.61 Å². The molecule has 31 heavy (non-hydrogen) atoms. The number of ether oxygens (including phenoxy) is 2. The van der Waals surface area contributed by atoms with Crippen LogP contribution in [-0.2, 0) is 27.5 Å². The zero-order chi connectivity index (χ0) is 23.9. The lowest BCUT2D eigenvalue weighted by molar-refractivity contribution is -0.137. The number of nitrogens with one attached hydrogen (secondary N) is 1. The maximum Gasteiger partial charge on any atom is 0.522 e. The van der Waals surface area contributed by atoms with E-state index in [1.165, 1.54) is 12.1 Å². The van der Waals surface area contributed by atoms with Crippen molar-refractivity contribution >= 4 is 16.1 Å². The van der Waals surface area contributed by atoms with Gasteiger partial charge in [0.05, 0.1) is 12.2 Å². The maximum atomic E-state index is 12.6. The van der Waals surface area contributed by atoms with E-state index >= 15 is 0 Å². The number of hydrogen-bond donors (Lipinski definition) is 3. The maximum absolute atomic E-state index is 12.6. The molecular formula is C17H16F6N2O5S. The number of amidine groups is 1. The van der Waals surface area contributed by atoms with Gasteiger partial charge in [0.2, 0.25) is 0 Å². The Morgan fingerprint density at radius 1 is 1.00 bits per heavy atom. The first kappa shape index (κ1) is 26.0. The standard InChI is InChI=1S/C16H15F3N2O2.CHF3O3S/c17-16(18,19)12-2-1-3-14(10-12)23-13-6-4-11(5-7-13)8-9-22-15(20)21;2-1(3,4)8(5,6)7/h1-7,10H,8-9H2,(H3,20,21);(H,5,6,7). The third-order valence-corrected chi connectivity index (χ3v) is 3.85. The van der Waals surface area contributed by atoms with Crippen molar-refractivity contribution in [3.8, 4) is 11.5 Å². The van der Waals surface area contributed by atoms with Crippen LogP contribution in [0.25, 0.3) is 0 Å². The van der Waals surface area contributed by atoms with Crippen molar-refractivity contribution in [2.45, 2.75) is 18.1 Å². The number of benzene rings is 2. The first-order valence-corrected chi connectivity index (χ1v) is 9.48. The minimum Gasteiger partial charge on any atom is -0.465 e. The molecule has 0 aliphatic heterocycles. The monoisotopic (exact) mass is 474 g/mol. The fraction of sp³-hybridized carbons (Fsp3) is 0.235. The first-order chi connectivity index (χ1) is 14.1. The summed E-state index contributed by atoms with van der Waals surface area (Å²) in [6.07, 6.45) is -3.84. The predicted molar refractivity (Wildman–Crippen MR) is 97.1 cm³/mol. The van der Waals surface area contributed by atoms with E-state index in [0.717, 1.165) is 17.7 Å². The topological polar surface area (TPSA) is 123 Å². The highest BCUT2D eigenvalue weighted by Gasteiger charge is 2.44. The number of rotatable bonds is 5. The quantitative estimate of drug-likeness (QED) is 0.195. The summed E-state index contributed by atoms with van der Waals surface area (Å²) in [5.41, 5.74) is -0.288. The molecule has 0 spiro atoms. The Balaban J connectivity index is 0.000000512. The van der Waals surface area contributed by atoms with Gasteiger partial charge in [-0.2, -0.15) is 34.8 Å². The highest BCUT2D eigenvalue weighted by atomic mass is 32.2. The molecule has 0 saturated heterocycles. The zero-order valence-electron chi connectivity index (χ0n) is 15.4. The average molecular weight is 474 g/mol. The molecule has 0 amide bonds. The van der Waals surface area contributed by atoms with Gasteiger partial charge in [-0.3, -0.25) is 9.96 Å². The molecule has 0 bridgehead atoms. The molecule has 0 aromatic heterocycles. The Morgan fingerprint density at radius 2 is 1.55 bits per heavy atom. The van der Waals surface area contributed by atoms with Gasteiger partial charge in [-0.15, -0.1) is 0 Å². The molecule has 0 aliphatic carbocycles. The lowest BCUT2D eigenvalue weighted by atomic mass is 10.1. The normalized spacial score (nSPS) is 11.8. The van der Waals surface area contributed by atoms with Gasteiger partial charge < -0.3 is 15.2 Å². The second-order valence-electron chi connectivity index (χ2n) is 5.66. The molecule has 4 N–H and O–H groups in total. The van der Waals surface area contributed by atoms with Crippen LogP contribution < -0.4 is 10.5 Å². The number of alkyl halides is 6. The summed E-state index contributed by atoms with van der Waals surface area (Å²) >= 11 is 0. The predicted octanol–water partition coefficient (Wildman–Crippen LogP) is 4.34.